The van der Waals surface area contributed by atoms with E-state index in [4.69, 9.17) is 17.0 Å². The lowest BCUT2D eigenvalue weighted by Crippen LogP contribution is -2.21. The highest BCUT2D eigenvalue weighted by atomic mass is 32.1. The number of aryl methyl sites for hydroxylation is 1. The van der Waals surface area contributed by atoms with Crippen LogP contribution < -0.4 is 10.6 Å². The lowest BCUT2D eigenvalue weighted by atomic mass is 10.1. The van der Waals surface area contributed by atoms with Crippen LogP contribution in [0.3, 0.4) is 0 Å². The number of carbonyl (C=O) groups is 1. The highest BCUT2D eigenvalue weighted by Gasteiger charge is 2.31. The van der Waals surface area contributed by atoms with Gasteiger partial charge in [-0.3, -0.25) is 0 Å². The molecule has 1 aromatic heterocycles. The van der Waals surface area contributed by atoms with Crippen LogP contribution in [0.25, 0.3) is 0 Å². The smallest absolute Gasteiger partial charge is 0.416 e. The molecule has 2 N–H and O–H groups in total. The molecule has 0 unspecified atom stereocenters. The minimum Gasteiger partial charge on any atom is -0.465 e. The summed E-state index contributed by atoms with van der Waals surface area (Å²) in [6.07, 6.45) is -4.03. The Kier molecular flexibility index (Phi) is 6.42. The number of halogens is 4. The fraction of sp³-hybridized carbons (Fsp3) is 0.294. The van der Waals surface area contributed by atoms with E-state index in [0.717, 1.165) is 10.4 Å². The largest absolute Gasteiger partial charge is 0.465 e. The summed E-state index contributed by atoms with van der Waals surface area (Å²) in [4.78, 5) is 12.9. The zero-order valence-electron chi connectivity index (χ0n) is 14.6. The van der Waals surface area contributed by atoms with Gasteiger partial charge >= 0.3 is 12.1 Å². The van der Waals surface area contributed by atoms with Crippen LogP contribution in [-0.2, 0) is 17.3 Å². The van der Waals surface area contributed by atoms with Crippen molar-refractivity contribution in [3.8, 4) is 0 Å². The second-order valence-corrected chi connectivity index (χ2v) is 7.09. The normalized spacial score (nSPS) is 11.2. The van der Waals surface area contributed by atoms with Gasteiger partial charge in [-0.25, -0.2) is 9.18 Å². The summed E-state index contributed by atoms with van der Waals surface area (Å²) >= 11 is 6.32. The number of rotatable bonds is 4. The van der Waals surface area contributed by atoms with Gasteiger partial charge in [-0.15, -0.1) is 11.3 Å². The molecule has 2 rings (SSSR count). The number of hydrogen-bond acceptors (Lipinski definition) is 4. The fourth-order valence-electron chi connectivity index (χ4n) is 2.46. The second-order valence-electron chi connectivity index (χ2n) is 5.46. The van der Waals surface area contributed by atoms with E-state index in [1.165, 1.54) is 18.4 Å². The average molecular weight is 420 g/mol. The first-order chi connectivity index (χ1) is 12.6. The number of anilines is 2. The number of carbonyl (C=O) groups excluding carboxylic acids is 1. The molecule has 0 radical (unpaired) electrons. The van der Waals surface area contributed by atoms with E-state index < -0.39 is 29.2 Å². The molecule has 0 aliphatic carbocycles. The maximum absolute atomic E-state index is 13.9. The summed E-state index contributed by atoms with van der Waals surface area (Å²) in [6, 6.07) is 1.97. The summed E-state index contributed by atoms with van der Waals surface area (Å²) in [7, 11) is 1.24. The molecule has 0 aliphatic rings. The molecule has 0 spiro atoms. The summed E-state index contributed by atoms with van der Waals surface area (Å²) in [6.45, 7) is 3.70. The number of nitrogens with one attached hydrogen (secondary N) is 2. The third-order valence-corrected chi connectivity index (χ3v) is 4.99. The monoisotopic (exact) mass is 420 g/mol. The zero-order valence-corrected chi connectivity index (χ0v) is 16.2. The summed E-state index contributed by atoms with van der Waals surface area (Å²) in [5, 5.41) is 5.37. The third kappa shape index (κ3) is 4.75. The van der Waals surface area contributed by atoms with Gasteiger partial charge in [0, 0.05) is 4.88 Å². The lowest BCUT2D eigenvalue weighted by Gasteiger charge is -2.13. The Balaban J connectivity index is 2.28. The maximum atomic E-state index is 13.9. The van der Waals surface area contributed by atoms with Crippen molar-refractivity contribution < 1.29 is 27.1 Å². The molecule has 0 amide bonds. The number of esters is 1. The van der Waals surface area contributed by atoms with Crippen LogP contribution in [0, 0.1) is 12.7 Å². The predicted molar refractivity (Wildman–Crippen MR) is 101 cm³/mol. The SMILES string of the molecule is CCc1c(C)sc(NC(=S)Nc2cc(C(F)(F)F)ccc2F)c1C(=O)OC. The zero-order chi connectivity index (χ0) is 20.4. The molecule has 27 heavy (non-hydrogen) atoms. The molecule has 4 nitrogen and oxygen atoms in total. The number of ether oxygens (including phenoxy) is 1. The first-order valence-corrected chi connectivity index (χ1v) is 8.96. The van der Waals surface area contributed by atoms with E-state index in [1.807, 2.05) is 13.8 Å². The van der Waals surface area contributed by atoms with Crippen molar-refractivity contribution in [2.24, 2.45) is 0 Å². The minimum atomic E-state index is -4.61. The van der Waals surface area contributed by atoms with Crippen molar-refractivity contribution in [3.05, 3.63) is 45.6 Å². The lowest BCUT2D eigenvalue weighted by molar-refractivity contribution is -0.137. The number of thiocarbonyl (C=S) groups is 1. The minimum absolute atomic E-state index is 0.151. The molecule has 0 saturated carbocycles. The molecular formula is C17H16F4N2O2S2. The first kappa shape index (κ1) is 21.1. The number of alkyl halides is 3. The van der Waals surface area contributed by atoms with E-state index in [1.54, 1.807) is 0 Å². The highest BCUT2D eigenvalue weighted by molar-refractivity contribution is 7.80. The van der Waals surface area contributed by atoms with Crippen LogP contribution in [0.5, 0.6) is 0 Å². The van der Waals surface area contributed by atoms with Gasteiger partial charge in [-0.2, -0.15) is 13.2 Å². The summed E-state index contributed by atoms with van der Waals surface area (Å²) in [5.74, 6) is -1.45. The van der Waals surface area contributed by atoms with Gasteiger partial charge in [0.25, 0.3) is 0 Å². The Hall–Kier alpha value is -2.20. The Morgan fingerprint density at radius 1 is 1.30 bits per heavy atom. The molecule has 0 aliphatic heterocycles. The topological polar surface area (TPSA) is 50.4 Å². The van der Waals surface area contributed by atoms with Gasteiger partial charge in [0.05, 0.1) is 23.9 Å². The highest BCUT2D eigenvalue weighted by Crippen LogP contribution is 2.35. The van der Waals surface area contributed by atoms with Gasteiger partial charge in [-0.05, 0) is 49.3 Å². The van der Waals surface area contributed by atoms with Crippen LogP contribution in [0.4, 0.5) is 28.3 Å². The quantitative estimate of drug-likeness (QED) is 0.396. The molecule has 2 aromatic rings. The molecular weight excluding hydrogens is 404 g/mol. The van der Waals surface area contributed by atoms with Crippen LogP contribution in [-0.4, -0.2) is 18.2 Å². The predicted octanol–water partition coefficient (Wildman–Crippen LogP) is 5.37. The molecule has 1 aromatic carbocycles. The summed E-state index contributed by atoms with van der Waals surface area (Å²) < 4.78 is 57.0. The van der Waals surface area contributed by atoms with Crippen LogP contribution in [0.2, 0.25) is 0 Å². The van der Waals surface area contributed by atoms with Crippen LogP contribution in [0.1, 0.15) is 33.3 Å². The fourth-order valence-corrected chi connectivity index (χ4v) is 3.88. The molecule has 0 atom stereocenters. The Bertz CT molecular complexity index is 879. The van der Waals surface area contributed by atoms with Gasteiger partial charge in [-0.1, -0.05) is 6.92 Å². The average Bonchev–Trinajstić information content (AvgIpc) is 2.89. The van der Waals surface area contributed by atoms with Crippen LogP contribution in [0.15, 0.2) is 18.2 Å². The van der Waals surface area contributed by atoms with Gasteiger partial charge in [0.1, 0.15) is 10.8 Å². The first-order valence-electron chi connectivity index (χ1n) is 7.73. The van der Waals surface area contributed by atoms with Crippen LogP contribution >= 0.6 is 23.6 Å². The van der Waals surface area contributed by atoms with Crippen molar-refractivity contribution in [2.45, 2.75) is 26.4 Å². The third-order valence-electron chi connectivity index (χ3n) is 3.72. The maximum Gasteiger partial charge on any atom is 0.416 e. The van der Waals surface area contributed by atoms with E-state index in [0.29, 0.717) is 35.2 Å². The Morgan fingerprint density at radius 3 is 2.52 bits per heavy atom. The standard InChI is InChI=1S/C17H16F4N2O2S2/c1-4-10-8(2)27-14(13(10)15(24)25-3)23-16(26)22-12-7-9(17(19,20)21)5-6-11(12)18/h5-7H,4H2,1-3H3,(H2,22,23,26). The van der Waals surface area contributed by atoms with Gasteiger partial charge < -0.3 is 15.4 Å². The molecule has 0 saturated heterocycles. The second kappa shape index (κ2) is 8.22. The molecule has 1 heterocycles. The van der Waals surface area contributed by atoms with Crippen molar-refractivity contribution >= 4 is 45.3 Å². The van der Waals surface area contributed by atoms with E-state index in [2.05, 4.69) is 10.6 Å². The summed E-state index contributed by atoms with van der Waals surface area (Å²) in [5.41, 5.74) is -0.353. The van der Waals surface area contributed by atoms with Crippen molar-refractivity contribution in [1.29, 1.82) is 0 Å². The molecule has 0 fully saturated rings. The van der Waals surface area contributed by atoms with Crippen molar-refractivity contribution in [3.63, 3.8) is 0 Å². The molecule has 0 bridgehead atoms. The number of benzene rings is 1. The molecule has 10 heteroatoms. The number of hydrogen-bond donors (Lipinski definition) is 2. The van der Waals surface area contributed by atoms with Gasteiger partial charge in [0.2, 0.25) is 0 Å². The Morgan fingerprint density at radius 2 is 1.96 bits per heavy atom. The Labute approximate surface area is 162 Å². The van der Waals surface area contributed by atoms with E-state index in [9.17, 15) is 22.4 Å². The number of thiophene rings is 1. The molecule has 146 valence electrons. The van der Waals surface area contributed by atoms with Crippen molar-refractivity contribution in [1.82, 2.24) is 0 Å². The van der Waals surface area contributed by atoms with Gasteiger partial charge in [0.15, 0.2) is 5.11 Å². The van der Waals surface area contributed by atoms with Crippen molar-refractivity contribution in [2.75, 3.05) is 17.7 Å². The number of methoxy groups -OCH3 is 1. The van der Waals surface area contributed by atoms with E-state index in [-0.39, 0.29) is 5.11 Å². The van der Waals surface area contributed by atoms with E-state index >= 15 is 0 Å².